The molecule has 1 aromatic rings. The fourth-order valence-electron chi connectivity index (χ4n) is 5.02. The summed E-state index contributed by atoms with van der Waals surface area (Å²) in [5, 5.41) is 39.5. The number of anilines is 1. The highest BCUT2D eigenvalue weighted by Gasteiger charge is 2.32. The van der Waals surface area contributed by atoms with Crippen molar-refractivity contribution in [2.24, 2.45) is 0 Å². The molecule has 0 heterocycles. The van der Waals surface area contributed by atoms with E-state index in [0.29, 0.717) is 104 Å². The van der Waals surface area contributed by atoms with Crippen LogP contribution in [0.25, 0.3) is 0 Å². The second-order valence-corrected chi connectivity index (χ2v) is 13.1. The van der Waals surface area contributed by atoms with Crippen LogP contribution in [0.4, 0.5) is 5.69 Å². The summed E-state index contributed by atoms with van der Waals surface area (Å²) < 4.78 is 0. The van der Waals surface area contributed by atoms with Crippen molar-refractivity contribution in [1.82, 2.24) is 25.8 Å². The Morgan fingerprint density at radius 3 is 1.44 bits per heavy atom. The maximum atomic E-state index is 12.2. The van der Waals surface area contributed by atoms with E-state index in [4.69, 9.17) is 0 Å². The quantitative estimate of drug-likeness (QED) is 0.0336. The molecule has 284 valence electrons. The number of carbonyl (C=O) groups is 5. The Morgan fingerprint density at radius 2 is 1.02 bits per heavy atom. The van der Waals surface area contributed by atoms with Gasteiger partial charge < -0.3 is 16.0 Å². The van der Waals surface area contributed by atoms with Crippen LogP contribution in [0.15, 0.2) is 9.59 Å². The second-order valence-electron chi connectivity index (χ2n) is 13.1. The molecule has 0 aliphatic heterocycles. The van der Waals surface area contributed by atoms with E-state index in [-0.39, 0.29) is 62.5 Å². The lowest BCUT2D eigenvalue weighted by Gasteiger charge is -2.27. The summed E-state index contributed by atoms with van der Waals surface area (Å²) in [6.07, 6.45) is 5.87. The first-order chi connectivity index (χ1) is 23.6. The normalized spacial score (nSPS) is 11.3. The molecule has 0 spiro atoms. The molecule has 16 nitrogen and oxygen atoms in total. The van der Waals surface area contributed by atoms with Crippen LogP contribution in [-0.2, 0) is 29.4 Å². The number of amides is 5. The maximum absolute atomic E-state index is 12.2. The zero-order valence-corrected chi connectivity index (χ0v) is 30.2. The van der Waals surface area contributed by atoms with Crippen LogP contribution in [0.5, 0.6) is 0 Å². The number of carbonyl (C=O) groups excluding carboxylic acids is 5. The number of hydrogen-bond donors (Lipinski definition) is 6. The number of nitrogens with zero attached hydrogens (tertiary/aromatic N) is 3. The van der Waals surface area contributed by atoms with Crippen LogP contribution in [-0.4, -0.2) is 99.6 Å². The summed E-state index contributed by atoms with van der Waals surface area (Å²) in [5.74, 6) is -2.19. The highest BCUT2D eigenvalue weighted by molar-refractivity contribution is 5.83. The number of unbranched alkanes of at least 4 members (excludes halogenated alkanes) is 6. The topological polar surface area (TPSA) is 226 Å². The van der Waals surface area contributed by atoms with Crippen LogP contribution in [0.1, 0.15) is 123 Å². The average molecular weight is 711 g/mol. The molecule has 1 aromatic carbocycles. The Bertz CT molecular complexity index is 1310. The molecule has 6 N–H and O–H groups in total. The van der Waals surface area contributed by atoms with Crippen molar-refractivity contribution >= 4 is 35.2 Å². The minimum atomic E-state index is -0.566. The van der Waals surface area contributed by atoms with Gasteiger partial charge in [0.05, 0.1) is 5.69 Å². The Labute approximate surface area is 294 Å². The van der Waals surface area contributed by atoms with E-state index in [1.807, 2.05) is 20.8 Å². The van der Waals surface area contributed by atoms with Crippen molar-refractivity contribution < 1.29 is 39.6 Å². The highest BCUT2D eigenvalue weighted by atomic mass is 16.5. The lowest BCUT2D eigenvalue weighted by atomic mass is 9.78. The Hall–Kier alpha value is -3.89. The first-order valence-electron chi connectivity index (χ1n) is 17.7. The zero-order valence-electron chi connectivity index (χ0n) is 30.2. The van der Waals surface area contributed by atoms with Crippen LogP contribution in [0.2, 0.25) is 0 Å². The van der Waals surface area contributed by atoms with Crippen LogP contribution >= 0.6 is 0 Å². The molecule has 0 saturated heterocycles. The molecular formula is C34H58N6O10. The number of hydrogen-bond acceptors (Lipinski definition) is 11. The highest BCUT2D eigenvalue weighted by Crippen LogP contribution is 2.29. The average Bonchev–Trinajstić information content (AvgIpc) is 3.08. The van der Waals surface area contributed by atoms with Crippen molar-refractivity contribution in [2.45, 2.75) is 123 Å². The van der Waals surface area contributed by atoms with Gasteiger partial charge in [-0.3, -0.25) is 49.2 Å². The van der Waals surface area contributed by atoms with Crippen molar-refractivity contribution in [1.29, 1.82) is 0 Å². The van der Waals surface area contributed by atoms with Crippen molar-refractivity contribution in [2.75, 3.05) is 44.6 Å². The first-order valence-corrected chi connectivity index (χ1v) is 17.7. The molecule has 0 aliphatic carbocycles. The summed E-state index contributed by atoms with van der Waals surface area (Å²) in [6, 6.07) is 0. The van der Waals surface area contributed by atoms with Gasteiger partial charge in [0.2, 0.25) is 40.4 Å². The smallest absolute Gasteiger partial charge is 0.249 e. The fourth-order valence-corrected chi connectivity index (χ4v) is 5.02. The van der Waals surface area contributed by atoms with Gasteiger partial charge in [0.1, 0.15) is 0 Å². The third-order valence-corrected chi connectivity index (χ3v) is 8.63. The van der Waals surface area contributed by atoms with E-state index in [2.05, 4.69) is 16.0 Å². The minimum absolute atomic E-state index is 0.0583. The van der Waals surface area contributed by atoms with E-state index in [1.165, 1.54) is 6.92 Å². The third-order valence-electron chi connectivity index (χ3n) is 8.63. The molecule has 0 radical (unpaired) electrons. The predicted octanol–water partition coefficient (Wildman–Crippen LogP) is 2.36. The van der Waals surface area contributed by atoms with Crippen LogP contribution < -0.4 is 26.8 Å². The molecule has 5 amide bonds. The molecule has 0 aliphatic rings. The molecular weight excluding hydrogens is 652 g/mol. The number of nitrogens with one attached hydrogen (secondary N) is 3. The van der Waals surface area contributed by atoms with Gasteiger partial charge in [0, 0.05) is 77.4 Å². The summed E-state index contributed by atoms with van der Waals surface area (Å²) >= 11 is 0. The van der Waals surface area contributed by atoms with Gasteiger partial charge in [-0.05, 0) is 69.6 Å². The predicted molar refractivity (Wildman–Crippen MR) is 185 cm³/mol. The minimum Gasteiger partial charge on any atom is -0.381 e. The standard InChI is InChI=1S/C34H58N6O10/c1-5-34(3,4)30-31(33(47)32(30)46)37-21-11-8-14-24-40(50)29(45)18-16-27(43)36-20-10-7-13-23-39(49)28(44)17-15-26(42)35-19-9-6-12-22-38(48)25(2)41/h37,48-50H,5-24H2,1-4H3,(H,35,42)(H,36,43). The van der Waals surface area contributed by atoms with Gasteiger partial charge in [0.25, 0.3) is 0 Å². The van der Waals surface area contributed by atoms with E-state index in [9.17, 15) is 49.2 Å². The van der Waals surface area contributed by atoms with Crippen LogP contribution in [0, 0.1) is 0 Å². The van der Waals surface area contributed by atoms with Gasteiger partial charge in [-0.25, -0.2) is 15.2 Å². The second kappa shape index (κ2) is 23.5. The van der Waals surface area contributed by atoms with E-state index < -0.39 is 28.6 Å². The van der Waals surface area contributed by atoms with Gasteiger partial charge in [-0.1, -0.05) is 20.8 Å². The summed E-state index contributed by atoms with van der Waals surface area (Å²) in [7, 11) is 0. The van der Waals surface area contributed by atoms with Gasteiger partial charge >= 0.3 is 0 Å². The Morgan fingerprint density at radius 1 is 0.600 bits per heavy atom. The monoisotopic (exact) mass is 710 g/mol. The Kier molecular flexibility index (Phi) is 20.7. The van der Waals surface area contributed by atoms with Crippen LogP contribution in [0.3, 0.4) is 0 Å². The summed E-state index contributed by atoms with van der Waals surface area (Å²) in [5.41, 5.74) is -0.339. The van der Waals surface area contributed by atoms with E-state index >= 15 is 0 Å². The zero-order chi connectivity index (χ0) is 37.7. The van der Waals surface area contributed by atoms with Gasteiger partial charge in [-0.2, -0.15) is 0 Å². The summed E-state index contributed by atoms with van der Waals surface area (Å²) in [4.78, 5) is 83.1. The van der Waals surface area contributed by atoms with Gasteiger partial charge in [0.15, 0.2) is 0 Å². The van der Waals surface area contributed by atoms with Crippen molar-refractivity contribution in [3.63, 3.8) is 0 Å². The number of hydroxylamine groups is 6. The molecule has 50 heavy (non-hydrogen) atoms. The van der Waals surface area contributed by atoms with Gasteiger partial charge in [-0.15, -0.1) is 0 Å². The lowest BCUT2D eigenvalue weighted by molar-refractivity contribution is -0.166. The first kappa shape index (κ1) is 44.1. The maximum Gasteiger partial charge on any atom is 0.249 e. The molecule has 0 aromatic heterocycles. The molecule has 0 atom stereocenters. The molecule has 0 bridgehead atoms. The van der Waals surface area contributed by atoms with Crippen molar-refractivity contribution in [3.05, 3.63) is 26.0 Å². The molecule has 16 heteroatoms. The Balaban J connectivity index is 2.06. The SMILES string of the molecule is CCC(C)(C)c1c(NCCCCCN(O)C(=O)CCC(=O)NCCCCCN(O)C(=O)CCC(=O)NCCCCCN(O)C(C)=O)c(=O)c1=O. The molecule has 0 saturated carbocycles. The lowest BCUT2D eigenvalue weighted by Crippen LogP contribution is -2.44. The third kappa shape index (κ3) is 16.7. The largest absolute Gasteiger partial charge is 0.381 e. The van der Waals surface area contributed by atoms with E-state index in [0.717, 1.165) is 6.42 Å². The van der Waals surface area contributed by atoms with E-state index in [1.54, 1.807) is 0 Å². The summed E-state index contributed by atoms with van der Waals surface area (Å²) in [6.45, 7) is 8.78. The molecule has 1 rings (SSSR count). The fraction of sp³-hybridized carbons (Fsp3) is 0.735. The molecule has 0 unspecified atom stereocenters. The molecule has 0 fully saturated rings. The van der Waals surface area contributed by atoms with Crippen molar-refractivity contribution in [3.8, 4) is 0 Å². The number of rotatable bonds is 27.